The first-order valence-corrected chi connectivity index (χ1v) is 6.92. The van der Waals surface area contributed by atoms with E-state index in [9.17, 15) is 13.2 Å². The molecule has 0 aliphatic heterocycles. The first kappa shape index (κ1) is 14.9. The van der Waals surface area contributed by atoms with Crippen molar-refractivity contribution in [1.82, 2.24) is 4.98 Å². The molecule has 1 saturated carbocycles. The van der Waals surface area contributed by atoms with E-state index in [0.717, 1.165) is 31.5 Å². The van der Waals surface area contributed by atoms with Crippen LogP contribution in [0.4, 0.5) is 24.8 Å². The molecule has 20 heavy (non-hydrogen) atoms. The zero-order valence-electron chi connectivity index (χ0n) is 11.6. The summed E-state index contributed by atoms with van der Waals surface area (Å²) in [7, 11) is 1.77. The van der Waals surface area contributed by atoms with Gasteiger partial charge in [-0.15, -0.1) is 0 Å². The molecule has 1 aromatic rings. The lowest BCUT2D eigenvalue weighted by Crippen LogP contribution is -2.28. The lowest BCUT2D eigenvalue weighted by Gasteiger charge is -2.28. The summed E-state index contributed by atoms with van der Waals surface area (Å²) in [4.78, 5) is 5.80. The van der Waals surface area contributed by atoms with Gasteiger partial charge in [-0.25, -0.2) is 4.98 Å². The van der Waals surface area contributed by atoms with E-state index in [1.54, 1.807) is 11.9 Å². The van der Waals surface area contributed by atoms with Gasteiger partial charge in [0.2, 0.25) is 0 Å². The smallest absolute Gasteiger partial charge is 0.384 e. The van der Waals surface area contributed by atoms with Crippen LogP contribution in [0.2, 0.25) is 0 Å². The van der Waals surface area contributed by atoms with Crippen LogP contribution in [0.5, 0.6) is 0 Å². The standard InChI is InChI=1S/C14H20F3N3/c1-20(9-10-5-3-2-4-6-10)13-8-11(14(15,16)17)7-12(18)19-13/h7-8,10H,2-6,9H2,1H3,(H2,18,19). The van der Waals surface area contributed by atoms with Crippen LogP contribution in [-0.2, 0) is 6.18 Å². The minimum Gasteiger partial charge on any atom is -0.384 e. The number of hydrogen-bond acceptors (Lipinski definition) is 3. The number of hydrogen-bond donors (Lipinski definition) is 1. The Morgan fingerprint density at radius 2 is 1.90 bits per heavy atom. The van der Waals surface area contributed by atoms with Crippen molar-refractivity contribution in [3.63, 3.8) is 0 Å². The Kier molecular flexibility index (Phi) is 4.40. The molecule has 112 valence electrons. The maximum Gasteiger partial charge on any atom is 0.416 e. The SMILES string of the molecule is CN(CC1CCCCC1)c1cc(C(F)(F)F)cc(N)n1. The van der Waals surface area contributed by atoms with E-state index < -0.39 is 11.7 Å². The Balaban J connectivity index is 2.12. The molecular formula is C14H20F3N3. The molecule has 0 aromatic carbocycles. The zero-order valence-corrected chi connectivity index (χ0v) is 11.6. The van der Waals surface area contributed by atoms with Gasteiger partial charge in [-0.05, 0) is 30.9 Å². The number of rotatable bonds is 3. The predicted octanol–water partition coefficient (Wildman–Crippen LogP) is 3.70. The number of halogens is 3. The molecule has 6 heteroatoms. The maximum atomic E-state index is 12.8. The average Bonchev–Trinajstić information content (AvgIpc) is 2.38. The van der Waals surface area contributed by atoms with Gasteiger partial charge < -0.3 is 10.6 Å². The van der Waals surface area contributed by atoms with Gasteiger partial charge in [0.15, 0.2) is 0 Å². The monoisotopic (exact) mass is 287 g/mol. The van der Waals surface area contributed by atoms with Gasteiger partial charge in [0.05, 0.1) is 5.56 Å². The third-order valence-electron chi connectivity index (χ3n) is 3.81. The second-order valence-corrected chi connectivity index (χ2v) is 5.52. The van der Waals surface area contributed by atoms with Gasteiger partial charge >= 0.3 is 6.18 Å². The van der Waals surface area contributed by atoms with E-state index in [1.807, 2.05) is 0 Å². The predicted molar refractivity (Wildman–Crippen MR) is 73.5 cm³/mol. The summed E-state index contributed by atoms with van der Waals surface area (Å²) in [6.45, 7) is 0.730. The fourth-order valence-electron chi connectivity index (χ4n) is 2.75. The Bertz CT molecular complexity index is 453. The fraction of sp³-hybridized carbons (Fsp3) is 0.643. The Hall–Kier alpha value is -1.46. The van der Waals surface area contributed by atoms with Crippen LogP contribution in [0.15, 0.2) is 12.1 Å². The molecule has 0 spiro atoms. The molecular weight excluding hydrogens is 267 g/mol. The zero-order chi connectivity index (χ0) is 14.8. The molecule has 0 atom stereocenters. The lowest BCUT2D eigenvalue weighted by atomic mass is 9.89. The van der Waals surface area contributed by atoms with Crippen LogP contribution in [-0.4, -0.2) is 18.6 Å². The number of aromatic nitrogens is 1. The molecule has 1 aromatic heterocycles. The van der Waals surface area contributed by atoms with Crippen LogP contribution in [0.25, 0.3) is 0 Å². The van der Waals surface area contributed by atoms with Crippen molar-refractivity contribution in [2.24, 2.45) is 5.92 Å². The van der Waals surface area contributed by atoms with E-state index in [4.69, 9.17) is 5.73 Å². The molecule has 0 bridgehead atoms. The van der Waals surface area contributed by atoms with E-state index in [2.05, 4.69) is 4.98 Å². The van der Waals surface area contributed by atoms with Gasteiger partial charge in [0, 0.05) is 13.6 Å². The van der Waals surface area contributed by atoms with Crippen molar-refractivity contribution < 1.29 is 13.2 Å². The first-order valence-electron chi connectivity index (χ1n) is 6.92. The van der Waals surface area contributed by atoms with Crippen molar-refractivity contribution in [3.05, 3.63) is 17.7 Å². The fourth-order valence-corrected chi connectivity index (χ4v) is 2.75. The van der Waals surface area contributed by atoms with E-state index in [0.29, 0.717) is 11.7 Å². The highest BCUT2D eigenvalue weighted by Gasteiger charge is 2.32. The summed E-state index contributed by atoms with van der Waals surface area (Å²) in [5.74, 6) is 0.736. The van der Waals surface area contributed by atoms with Crippen molar-refractivity contribution in [2.75, 3.05) is 24.2 Å². The summed E-state index contributed by atoms with van der Waals surface area (Å²) in [5.41, 5.74) is 4.75. The molecule has 0 radical (unpaired) electrons. The van der Waals surface area contributed by atoms with E-state index >= 15 is 0 Å². The first-order chi connectivity index (χ1) is 9.36. The molecule has 0 saturated heterocycles. The molecule has 1 fully saturated rings. The quantitative estimate of drug-likeness (QED) is 0.921. The number of nitrogens with zero attached hydrogens (tertiary/aromatic N) is 2. The summed E-state index contributed by atoms with van der Waals surface area (Å²) in [6.07, 6.45) is 1.55. The highest BCUT2D eigenvalue weighted by molar-refractivity contribution is 5.48. The number of nitrogens with two attached hydrogens (primary N) is 1. The van der Waals surface area contributed by atoms with Crippen molar-refractivity contribution in [3.8, 4) is 0 Å². The Labute approximate surface area is 117 Å². The molecule has 3 nitrogen and oxygen atoms in total. The number of pyridine rings is 1. The van der Waals surface area contributed by atoms with E-state index in [1.165, 1.54) is 19.3 Å². The largest absolute Gasteiger partial charge is 0.416 e. The number of nitrogen functional groups attached to an aromatic ring is 1. The van der Waals surface area contributed by atoms with Crippen LogP contribution in [0.1, 0.15) is 37.7 Å². The normalized spacial score (nSPS) is 17.2. The van der Waals surface area contributed by atoms with Gasteiger partial charge in [-0.2, -0.15) is 13.2 Å². The molecule has 1 aliphatic rings. The second-order valence-electron chi connectivity index (χ2n) is 5.52. The number of anilines is 2. The minimum atomic E-state index is -4.39. The van der Waals surface area contributed by atoms with Gasteiger partial charge in [0.25, 0.3) is 0 Å². The molecule has 0 unspecified atom stereocenters. The summed E-state index contributed by atoms with van der Waals surface area (Å²) < 4.78 is 38.3. The molecule has 2 N–H and O–H groups in total. The molecule has 1 heterocycles. The van der Waals surface area contributed by atoms with Gasteiger partial charge in [0.1, 0.15) is 11.6 Å². The van der Waals surface area contributed by atoms with Gasteiger partial charge in [-0.1, -0.05) is 19.3 Å². The van der Waals surface area contributed by atoms with Crippen LogP contribution in [0, 0.1) is 5.92 Å². The third-order valence-corrected chi connectivity index (χ3v) is 3.81. The lowest BCUT2D eigenvalue weighted by molar-refractivity contribution is -0.137. The molecule has 2 rings (SSSR count). The van der Waals surface area contributed by atoms with Crippen molar-refractivity contribution in [1.29, 1.82) is 0 Å². The van der Waals surface area contributed by atoms with Crippen molar-refractivity contribution in [2.45, 2.75) is 38.3 Å². The summed E-state index contributed by atoms with van der Waals surface area (Å²) in [6, 6.07) is 1.94. The highest BCUT2D eigenvalue weighted by Crippen LogP contribution is 2.32. The van der Waals surface area contributed by atoms with E-state index in [-0.39, 0.29) is 5.82 Å². The summed E-state index contributed by atoms with van der Waals surface area (Å²) in [5, 5.41) is 0. The van der Waals surface area contributed by atoms with Crippen molar-refractivity contribution >= 4 is 11.6 Å². The number of alkyl halides is 3. The average molecular weight is 287 g/mol. The van der Waals surface area contributed by atoms with Crippen LogP contribution in [0.3, 0.4) is 0 Å². The highest BCUT2D eigenvalue weighted by atomic mass is 19.4. The minimum absolute atomic E-state index is 0.0923. The Morgan fingerprint density at radius 3 is 2.50 bits per heavy atom. The topological polar surface area (TPSA) is 42.1 Å². The third kappa shape index (κ3) is 3.77. The van der Waals surface area contributed by atoms with Gasteiger partial charge in [-0.3, -0.25) is 0 Å². The Morgan fingerprint density at radius 1 is 1.25 bits per heavy atom. The van der Waals surface area contributed by atoms with Crippen LogP contribution < -0.4 is 10.6 Å². The second kappa shape index (κ2) is 5.89. The van der Waals surface area contributed by atoms with Crippen LogP contribution >= 0.6 is 0 Å². The maximum absolute atomic E-state index is 12.8. The molecule has 1 aliphatic carbocycles. The molecule has 0 amide bonds. The summed E-state index contributed by atoms with van der Waals surface area (Å²) >= 11 is 0.